The van der Waals surface area contributed by atoms with E-state index in [4.69, 9.17) is 0 Å². The van der Waals surface area contributed by atoms with Gasteiger partial charge in [-0.2, -0.15) is 11.8 Å². The van der Waals surface area contributed by atoms with Crippen molar-refractivity contribution in [3.63, 3.8) is 0 Å². The van der Waals surface area contributed by atoms with Gasteiger partial charge in [0.2, 0.25) is 10.0 Å². The van der Waals surface area contributed by atoms with Gasteiger partial charge in [-0.25, -0.2) is 13.1 Å². The van der Waals surface area contributed by atoms with Crippen molar-refractivity contribution in [3.8, 4) is 0 Å². The topological polar surface area (TPSA) is 46.2 Å². The molecule has 0 radical (unpaired) electrons. The van der Waals surface area contributed by atoms with Gasteiger partial charge in [0, 0.05) is 15.8 Å². The molecule has 0 bridgehead atoms. The van der Waals surface area contributed by atoms with E-state index in [1.165, 1.54) is 6.42 Å². The van der Waals surface area contributed by atoms with Crippen LogP contribution >= 0.6 is 27.7 Å². The maximum Gasteiger partial charge on any atom is 0.240 e. The first kappa shape index (κ1) is 15.4. The Bertz CT molecular complexity index is 566. The normalized spacial score (nSPS) is 23.7. The SMILES string of the molecule is Cc1cc(S(=O)(=O)NCC2(C)CCCS2)ccc1Br. The summed E-state index contributed by atoms with van der Waals surface area (Å²) in [6.07, 6.45) is 2.24. The molecule has 1 atom stereocenters. The standard InChI is InChI=1S/C13H18BrNO2S2/c1-10-8-11(4-5-12(10)14)19(16,17)15-9-13(2)6-3-7-18-13/h4-5,8,15H,3,6-7,9H2,1-2H3. The van der Waals surface area contributed by atoms with E-state index in [1.54, 1.807) is 18.2 Å². The molecule has 1 N–H and O–H groups in total. The molecule has 0 spiro atoms. The van der Waals surface area contributed by atoms with Crippen LogP contribution < -0.4 is 4.72 Å². The van der Waals surface area contributed by atoms with Crippen molar-refractivity contribution < 1.29 is 8.42 Å². The zero-order valence-corrected chi connectivity index (χ0v) is 14.3. The van der Waals surface area contributed by atoms with Crippen molar-refractivity contribution in [2.24, 2.45) is 0 Å². The van der Waals surface area contributed by atoms with Gasteiger partial charge in [0.05, 0.1) is 4.90 Å². The minimum absolute atomic E-state index is 0.0392. The third-order valence-electron chi connectivity index (χ3n) is 3.38. The Morgan fingerprint density at radius 3 is 2.79 bits per heavy atom. The predicted molar refractivity (Wildman–Crippen MR) is 84.2 cm³/mol. The van der Waals surface area contributed by atoms with Crippen molar-refractivity contribution in [1.29, 1.82) is 0 Å². The first-order valence-electron chi connectivity index (χ1n) is 6.22. The second-order valence-corrected chi connectivity index (χ2v) is 9.44. The van der Waals surface area contributed by atoms with Crippen LogP contribution in [0.4, 0.5) is 0 Å². The van der Waals surface area contributed by atoms with Gasteiger partial charge in [0.15, 0.2) is 0 Å². The Hall–Kier alpha value is -0.0400. The highest BCUT2D eigenvalue weighted by atomic mass is 79.9. The fraction of sp³-hybridized carbons (Fsp3) is 0.538. The Morgan fingerprint density at radius 2 is 2.21 bits per heavy atom. The smallest absolute Gasteiger partial charge is 0.210 e. The molecular weight excluding hydrogens is 346 g/mol. The van der Waals surface area contributed by atoms with Gasteiger partial charge in [-0.3, -0.25) is 0 Å². The van der Waals surface area contributed by atoms with Gasteiger partial charge < -0.3 is 0 Å². The Morgan fingerprint density at radius 1 is 1.47 bits per heavy atom. The molecule has 3 nitrogen and oxygen atoms in total. The molecule has 1 aromatic rings. The van der Waals surface area contributed by atoms with Crippen LogP contribution in [0.3, 0.4) is 0 Å². The van der Waals surface area contributed by atoms with E-state index >= 15 is 0 Å². The lowest BCUT2D eigenvalue weighted by Crippen LogP contribution is -2.36. The summed E-state index contributed by atoms with van der Waals surface area (Å²) in [5, 5.41) is 0. The quantitative estimate of drug-likeness (QED) is 0.892. The van der Waals surface area contributed by atoms with Crippen LogP contribution in [0.5, 0.6) is 0 Å². The maximum absolute atomic E-state index is 12.3. The fourth-order valence-corrected chi connectivity index (χ4v) is 4.93. The number of nitrogens with one attached hydrogen (secondary N) is 1. The van der Waals surface area contributed by atoms with Crippen molar-refractivity contribution >= 4 is 37.7 Å². The fourth-order valence-electron chi connectivity index (χ4n) is 2.09. The number of sulfonamides is 1. The van der Waals surface area contributed by atoms with Crippen LogP contribution in [0.1, 0.15) is 25.3 Å². The lowest BCUT2D eigenvalue weighted by Gasteiger charge is -2.22. The Labute approximate surface area is 127 Å². The second-order valence-electron chi connectivity index (χ2n) is 5.14. The zero-order chi connectivity index (χ0) is 14.1. The number of thioether (sulfide) groups is 1. The molecular formula is C13H18BrNO2S2. The van der Waals surface area contributed by atoms with Crippen molar-refractivity contribution in [3.05, 3.63) is 28.2 Å². The zero-order valence-electron chi connectivity index (χ0n) is 11.1. The molecule has 1 unspecified atom stereocenters. The highest BCUT2D eigenvalue weighted by molar-refractivity contribution is 9.10. The largest absolute Gasteiger partial charge is 0.240 e. The minimum Gasteiger partial charge on any atom is -0.210 e. The monoisotopic (exact) mass is 363 g/mol. The molecule has 1 fully saturated rings. The molecule has 6 heteroatoms. The van der Waals surface area contributed by atoms with Crippen LogP contribution in [0, 0.1) is 6.92 Å². The number of halogens is 1. The van der Waals surface area contributed by atoms with Crippen molar-refractivity contribution in [2.45, 2.75) is 36.3 Å². The van der Waals surface area contributed by atoms with Gasteiger partial charge in [0.25, 0.3) is 0 Å². The summed E-state index contributed by atoms with van der Waals surface area (Å²) in [5.41, 5.74) is 0.921. The van der Waals surface area contributed by atoms with Gasteiger partial charge in [0.1, 0.15) is 0 Å². The lowest BCUT2D eigenvalue weighted by atomic mass is 10.1. The van der Waals surface area contributed by atoms with Crippen molar-refractivity contribution in [1.82, 2.24) is 4.72 Å². The van der Waals surface area contributed by atoms with Gasteiger partial charge >= 0.3 is 0 Å². The Balaban J connectivity index is 2.11. The minimum atomic E-state index is -3.41. The number of rotatable bonds is 4. The summed E-state index contributed by atoms with van der Waals surface area (Å²) < 4.78 is 28.2. The van der Waals surface area contributed by atoms with Crippen LogP contribution in [0.25, 0.3) is 0 Å². The van der Waals surface area contributed by atoms with Gasteiger partial charge in [-0.1, -0.05) is 15.9 Å². The third-order valence-corrected chi connectivity index (χ3v) is 7.20. The van der Waals surface area contributed by atoms with Crippen LogP contribution in [-0.4, -0.2) is 25.5 Å². The molecule has 19 heavy (non-hydrogen) atoms. The first-order valence-corrected chi connectivity index (χ1v) is 9.48. The number of aryl methyl sites for hydroxylation is 1. The molecule has 106 valence electrons. The van der Waals surface area contributed by atoms with Gasteiger partial charge in [-0.05, 0) is 56.2 Å². The van der Waals surface area contributed by atoms with Gasteiger partial charge in [-0.15, -0.1) is 0 Å². The van der Waals surface area contributed by atoms with E-state index in [1.807, 2.05) is 18.7 Å². The molecule has 0 aromatic heterocycles. The van der Waals surface area contributed by atoms with E-state index in [2.05, 4.69) is 27.6 Å². The van der Waals surface area contributed by atoms with E-state index in [0.29, 0.717) is 11.4 Å². The lowest BCUT2D eigenvalue weighted by molar-refractivity contribution is 0.552. The molecule has 1 aliphatic heterocycles. The summed E-state index contributed by atoms with van der Waals surface area (Å²) in [7, 11) is -3.41. The number of hydrogen-bond acceptors (Lipinski definition) is 3. The highest BCUT2D eigenvalue weighted by Gasteiger charge is 2.31. The van der Waals surface area contributed by atoms with Crippen LogP contribution in [-0.2, 0) is 10.0 Å². The second kappa shape index (κ2) is 5.76. The van der Waals surface area contributed by atoms with E-state index in [9.17, 15) is 8.42 Å². The molecule has 1 saturated heterocycles. The maximum atomic E-state index is 12.3. The summed E-state index contributed by atoms with van der Waals surface area (Å²) in [6.45, 7) is 4.51. The van der Waals surface area contributed by atoms with Crippen molar-refractivity contribution in [2.75, 3.05) is 12.3 Å². The molecule has 2 rings (SSSR count). The molecule has 0 saturated carbocycles. The highest BCUT2D eigenvalue weighted by Crippen LogP contribution is 2.37. The molecule has 1 aliphatic rings. The first-order chi connectivity index (χ1) is 8.82. The molecule has 1 heterocycles. The summed E-state index contributed by atoms with van der Waals surface area (Å²) in [5.74, 6) is 1.12. The van der Waals surface area contributed by atoms with E-state index < -0.39 is 10.0 Å². The molecule has 0 amide bonds. The predicted octanol–water partition coefficient (Wildman–Crippen LogP) is 3.32. The third kappa shape index (κ3) is 3.74. The number of hydrogen-bond donors (Lipinski definition) is 1. The van der Waals surface area contributed by atoms with Crippen LogP contribution in [0.2, 0.25) is 0 Å². The molecule has 1 aromatic carbocycles. The summed E-state index contributed by atoms with van der Waals surface area (Å²) in [4.78, 5) is 0.333. The van der Waals surface area contributed by atoms with E-state index in [-0.39, 0.29) is 4.75 Å². The summed E-state index contributed by atoms with van der Waals surface area (Å²) in [6, 6.07) is 5.09. The average Bonchev–Trinajstić information content (AvgIpc) is 2.78. The Kier molecular flexibility index (Phi) is 4.65. The average molecular weight is 364 g/mol. The number of benzene rings is 1. The molecule has 0 aliphatic carbocycles. The van der Waals surface area contributed by atoms with E-state index in [0.717, 1.165) is 22.2 Å². The van der Waals surface area contributed by atoms with Crippen LogP contribution in [0.15, 0.2) is 27.6 Å². The summed E-state index contributed by atoms with van der Waals surface area (Å²) >= 11 is 5.23.